The minimum Gasteiger partial charge on any atom is -0.492 e. The third kappa shape index (κ3) is 6.45. The van der Waals surface area contributed by atoms with E-state index in [0.29, 0.717) is 36.0 Å². The van der Waals surface area contributed by atoms with E-state index in [1.807, 2.05) is 20.8 Å². The summed E-state index contributed by atoms with van der Waals surface area (Å²) in [6, 6.07) is 7.03. The molecule has 2 atom stereocenters. The molecular weight excluding hydrogens is 478 g/mol. The Morgan fingerprint density at radius 2 is 1.91 bits per heavy atom. The average molecular weight is 508 g/mol. The van der Waals surface area contributed by atoms with Gasteiger partial charge in [-0.25, -0.2) is 0 Å². The van der Waals surface area contributed by atoms with Crippen LogP contribution >= 0.6 is 23.4 Å². The summed E-state index contributed by atoms with van der Waals surface area (Å²) >= 11 is 7.43. The van der Waals surface area contributed by atoms with Crippen LogP contribution in [0.2, 0.25) is 5.02 Å². The van der Waals surface area contributed by atoms with E-state index >= 15 is 0 Å². The number of nitriles is 1. The second-order valence-corrected chi connectivity index (χ2v) is 9.01. The highest BCUT2D eigenvalue weighted by molar-refractivity contribution is 8.03. The van der Waals surface area contributed by atoms with Crippen LogP contribution in [-0.2, 0) is 19.1 Å². The number of nitrogens with zero attached hydrogens (tertiary/aromatic N) is 2. The summed E-state index contributed by atoms with van der Waals surface area (Å²) in [5.74, 6) is -3.13. The SMILES string of the molecule is CCCN(CCC)C(=O)CSC1=C(C#N)[C@@H](c2ccc(OCC)c(Cl)c2)[C@@H](C(=O)OC)C(=O)N1. The van der Waals surface area contributed by atoms with Crippen LogP contribution in [0, 0.1) is 17.2 Å². The first-order chi connectivity index (χ1) is 16.3. The van der Waals surface area contributed by atoms with Gasteiger partial charge in [-0.15, -0.1) is 0 Å². The van der Waals surface area contributed by atoms with Gasteiger partial charge >= 0.3 is 5.97 Å². The Labute approximate surface area is 209 Å². The third-order valence-electron chi connectivity index (χ3n) is 5.28. The summed E-state index contributed by atoms with van der Waals surface area (Å²) in [6.07, 6.45) is 1.67. The lowest BCUT2D eigenvalue weighted by molar-refractivity contribution is -0.150. The van der Waals surface area contributed by atoms with Gasteiger partial charge in [0.05, 0.1) is 41.2 Å². The third-order valence-corrected chi connectivity index (χ3v) is 6.58. The van der Waals surface area contributed by atoms with Gasteiger partial charge in [-0.3, -0.25) is 14.4 Å². The standard InChI is InChI=1S/C24H30ClN3O5S/c1-5-10-28(11-6-2)19(29)14-34-23-16(13-26)20(21(22(30)27-23)24(31)32-4)15-8-9-18(33-7-3)17(25)12-15/h8-9,12,20-21H,5-7,10-11,14H2,1-4H3,(H,27,30)/t20-,21-/m1/s1. The summed E-state index contributed by atoms with van der Waals surface area (Å²) in [6.45, 7) is 7.52. The van der Waals surface area contributed by atoms with Crippen LogP contribution < -0.4 is 10.1 Å². The maximum atomic E-state index is 13.0. The zero-order valence-corrected chi connectivity index (χ0v) is 21.4. The van der Waals surface area contributed by atoms with Crippen LogP contribution in [0.15, 0.2) is 28.8 Å². The summed E-state index contributed by atoms with van der Waals surface area (Å²) in [5.41, 5.74) is 0.670. The van der Waals surface area contributed by atoms with E-state index < -0.39 is 23.7 Å². The number of rotatable bonds is 11. The van der Waals surface area contributed by atoms with Crippen LogP contribution in [-0.4, -0.2) is 55.2 Å². The zero-order chi connectivity index (χ0) is 25.3. The van der Waals surface area contributed by atoms with Crippen molar-refractivity contribution in [1.82, 2.24) is 10.2 Å². The molecule has 0 saturated heterocycles. The van der Waals surface area contributed by atoms with E-state index in [4.69, 9.17) is 21.1 Å². The molecule has 10 heteroatoms. The zero-order valence-electron chi connectivity index (χ0n) is 19.9. The van der Waals surface area contributed by atoms with Gasteiger partial charge < -0.3 is 19.7 Å². The van der Waals surface area contributed by atoms with E-state index in [1.54, 1.807) is 23.1 Å². The molecule has 0 bridgehead atoms. The lowest BCUT2D eigenvalue weighted by atomic mass is 9.78. The highest BCUT2D eigenvalue weighted by Crippen LogP contribution is 2.42. The van der Waals surface area contributed by atoms with Crippen LogP contribution in [0.5, 0.6) is 5.75 Å². The molecule has 2 amide bonds. The normalized spacial score (nSPS) is 17.6. The second-order valence-electron chi connectivity index (χ2n) is 7.61. The van der Waals surface area contributed by atoms with Crippen molar-refractivity contribution in [2.75, 3.05) is 32.6 Å². The van der Waals surface area contributed by atoms with E-state index in [9.17, 15) is 19.6 Å². The van der Waals surface area contributed by atoms with Gasteiger partial charge in [0.25, 0.3) is 0 Å². The number of hydrogen-bond acceptors (Lipinski definition) is 7. The van der Waals surface area contributed by atoms with Crippen molar-refractivity contribution in [2.24, 2.45) is 5.92 Å². The Hall–Kier alpha value is -2.70. The molecule has 0 aliphatic carbocycles. The minimum atomic E-state index is -1.27. The number of amides is 2. The first-order valence-electron chi connectivity index (χ1n) is 11.2. The Morgan fingerprint density at radius 3 is 2.44 bits per heavy atom. The average Bonchev–Trinajstić information content (AvgIpc) is 2.82. The topological polar surface area (TPSA) is 109 Å². The molecular formula is C24H30ClN3O5S. The molecule has 1 aliphatic rings. The van der Waals surface area contributed by atoms with Crippen molar-refractivity contribution in [1.29, 1.82) is 5.26 Å². The molecule has 0 unspecified atom stereocenters. The maximum Gasteiger partial charge on any atom is 0.319 e. The molecule has 2 rings (SSSR count). The van der Waals surface area contributed by atoms with E-state index in [1.165, 1.54) is 7.11 Å². The van der Waals surface area contributed by atoms with Gasteiger partial charge in [0.1, 0.15) is 11.7 Å². The number of methoxy groups -OCH3 is 1. The van der Waals surface area contributed by atoms with E-state index in [0.717, 1.165) is 24.6 Å². The van der Waals surface area contributed by atoms with Crippen LogP contribution in [0.3, 0.4) is 0 Å². The van der Waals surface area contributed by atoms with Crippen molar-refractivity contribution in [3.05, 3.63) is 39.4 Å². The van der Waals surface area contributed by atoms with Crippen LogP contribution in [0.1, 0.15) is 45.1 Å². The molecule has 0 saturated carbocycles. The molecule has 1 aliphatic heterocycles. The van der Waals surface area contributed by atoms with Gasteiger partial charge in [-0.1, -0.05) is 43.3 Å². The predicted octanol–water partition coefficient (Wildman–Crippen LogP) is 3.86. The van der Waals surface area contributed by atoms with Crippen molar-refractivity contribution >= 4 is 41.1 Å². The quantitative estimate of drug-likeness (QED) is 0.358. The number of ether oxygens (including phenoxy) is 2. The fraction of sp³-hybridized carbons (Fsp3) is 0.500. The number of carbonyl (C=O) groups is 3. The van der Waals surface area contributed by atoms with Gasteiger partial charge in [-0.2, -0.15) is 5.26 Å². The molecule has 34 heavy (non-hydrogen) atoms. The second kappa shape index (κ2) is 13.3. The predicted molar refractivity (Wildman–Crippen MR) is 131 cm³/mol. The summed E-state index contributed by atoms with van der Waals surface area (Å²) in [4.78, 5) is 40.0. The maximum absolute atomic E-state index is 13.0. The first-order valence-corrected chi connectivity index (χ1v) is 12.5. The van der Waals surface area contributed by atoms with Gasteiger partial charge in [0, 0.05) is 19.0 Å². The van der Waals surface area contributed by atoms with E-state index in [-0.39, 0.29) is 22.3 Å². The molecule has 0 aromatic heterocycles. The Bertz CT molecular complexity index is 985. The molecule has 184 valence electrons. The van der Waals surface area contributed by atoms with Crippen LogP contribution in [0.25, 0.3) is 0 Å². The number of halogens is 1. The van der Waals surface area contributed by atoms with E-state index in [2.05, 4.69) is 11.4 Å². The molecule has 1 heterocycles. The number of thioether (sulfide) groups is 1. The molecule has 0 spiro atoms. The molecule has 0 fully saturated rings. The molecule has 1 aromatic rings. The molecule has 8 nitrogen and oxygen atoms in total. The smallest absolute Gasteiger partial charge is 0.319 e. The van der Waals surface area contributed by atoms with Crippen molar-refractivity contribution < 1.29 is 23.9 Å². The summed E-state index contributed by atoms with van der Waals surface area (Å²) < 4.78 is 10.3. The lowest BCUT2D eigenvalue weighted by Crippen LogP contribution is -2.44. The molecule has 1 aromatic carbocycles. The largest absolute Gasteiger partial charge is 0.492 e. The number of carbonyl (C=O) groups excluding carboxylic acids is 3. The van der Waals surface area contributed by atoms with Crippen LogP contribution in [0.4, 0.5) is 0 Å². The summed E-state index contributed by atoms with van der Waals surface area (Å²) in [7, 11) is 1.19. The summed E-state index contributed by atoms with van der Waals surface area (Å²) in [5, 5.41) is 13.2. The Morgan fingerprint density at radius 1 is 1.24 bits per heavy atom. The highest BCUT2D eigenvalue weighted by Gasteiger charge is 2.44. The number of hydrogen-bond donors (Lipinski definition) is 1. The number of allylic oxidation sites excluding steroid dienone is 1. The van der Waals surface area contributed by atoms with Gasteiger partial charge in [-0.05, 0) is 37.5 Å². The number of nitrogens with one attached hydrogen (secondary N) is 1. The van der Waals surface area contributed by atoms with Crippen molar-refractivity contribution in [3.63, 3.8) is 0 Å². The van der Waals surface area contributed by atoms with Crippen molar-refractivity contribution in [2.45, 2.75) is 39.5 Å². The fourth-order valence-corrected chi connectivity index (χ4v) is 4.98. The van der Waals surface area contributed by atoms with Gasteiger partial charge in [0.15, 0.2) is 0 Å². The number of benzene rings is 1. The Kier molecular flexibility index (Phi) is 10.7. The number of esters is 1. The molecule has 0 radical (unpaired) electrons. The minimum absolute atomic E-state index is 0.0560. The fourth-order valence-electron chi connectivity index (χ4n) is 3.79. The molecule has 1 N–H and O–H groups in total. The lowest BCUT2D eigenvalue weighted by Gasteiger charge is -2.31. The van der Waals surface area contributed by atoms with Gasteiger partial charge in [0.2, 0.25) is 11.8 Å². The monoisotopic (exact) mass is 507 g/mol. The van der Waals surface area contributed by atoms with Crippen molar-refractivity contribution in [3.8, 4) is 11.8 Å². The highest BCUT2D eigenvalue weighted by atomic mass is 35.5. The Balaban J connectivity index is 2.46. The first kappa shape index (κ1) is 27.5.